The van der Waals surface area contributed by atoms with Crippen molar-refractivity contribution in [3.05, 3.63) is 17.8 Å². The van der Waals surface area contributed by atoms with Crippen molar-refractivity contribution in [2.24, 2.45) is 0 Å². The van der Waals surface area contributed by atoms with Crippen LogP contribution in [0.15, 0.2) is 12.3 Å². The molecule has 0 spiro atoms. The minimum Gasteiger partial charge on any atom is -0.396 e. The summed E-state index contributed by atoms with van der Waals surface area (Å²) in [7, 11) is -2.97. The van der Waals surface area contributed by atoms with Crippen LogP contribution in [0.1, 0.15) is 18.4 Å². The van der Waals surface area contributed by atoms with E-state index in [4.69, 9.17) is 11.0 Å². The van der Waals surface area contributed by atoms with Gasteiger partial charge in [0.1, 0.15) is 11.9 Å². The van der Waals surface area contributed by atoms with Gasteiger partial charge in [0.25, 0.3) is 0 Å². The van der Waals surface area contributed by atoms with Crippen LogP contribution in [-0.4, -0.2) is 30.9 Å². The molecule has 1 saturated heterocycles. The number of aromatic nitrogens is 1. The topological polar surface area (TPSA) is 109 Å². The molecule has 0 radical (unpaired) electrons. The highest BCUT2D eigenvalue weighted by Crippen LogP contribution is 2.22. The molecule has 2 heterocycles. The average Bonchev–Trinajstić information content (AvgIpc) is 2.67. The molecule has 1 aromatic rings. The summed E-state index contributed by atoms with van der Waals surface area (Å²) in [5.41, 5.74) is 6.46. The number of nitrogens with one attached hydrogen (secondary N) is 1. The summed E-state index contributed by atoms with van der Waals surface area (Å²) in [6.07, 6.45) is 2.79. The second kappa shape index (κ2) is 4.82. The third-order valence-electron chi connectivity index (χ3n) is 3.01. The Kier molecular flexibility index (Phi) is 3.39. The van der Waals surface area contributed by atoms with Gasteiger partial charge >= 0.3 is 0 Å². The first kappa shape index (κ1) is 12.6. The van der Waals surface area contributed by atoms with Crippen molar-refractivity contribution in [2.75, 3.05) is 23.3 Å². The highest BCUT2D eigenvalue weighted by molar-refractivity contribution is 7.92. The van der Waals surface area contributed by atoms with Gasteiger partial charge in [0.15, 0.2) is 9.84 Å². The van der Waals surface area contributed by atoms with E-state index in [0.29, 0.717) is 36.5 Å². The fraction of sp³-hybridized carbons (Fsp3) is 0.455. The normalized spacial score (nSPS) is 21.4. The minimum absolute atomic E-state index is 0.260. The summed E-state index contributed by atoms with van der Waals surface area (Å²) in [5.74, 6) is 0.686. The SMILES string of the molecule is N#Cc1cnc(NCC2CCCS2(=O)=O)c(N)c1. The molecule has 18 heavy (non-hydrogen) atoms. The van der Waals surface area contributed by atoms with Gasteiger partial charge in [-0.3, -0.25) is 0 Å². The number of sulfone groups is 1. The lowest BCUT2D eigenvalue weighted by Gasteiger charge is -2.12. The van der Waals surface area contributed by atoms with Crippen molar-refractivity contribution in [3.8, 4) is 6.07 Å². The second-order valence-electron chi connectivity index (χ2n) is 4.29. The van der Waals surface area contributed by atoms with Crippen molar-refractivity contribution in [3.63, 3.8) is 0 Å². The Labute approximate surface area is 106 Å². The summed E-state index contributed by atoms with van der Waals surface area (Å²) in [6.45, 7) is 0.311. The molecule has 7 heteroatoms. The first-order valence-electron chi connectivity index (χ1n) is 5.64. The number of rotatable bonds is 3. The summed E-state index contributed by atoms with van der Waals surface area (Å²) in [4.78, 5) is 4.00. The quantitative estimate of drug-likeness (QED) is 0.825. The number of hydrogen-bond acceptors (Lipinski definition) is 6. The molecular formula is C11H14N4O2S. The van der Waals surface area contributed by atoms with Crippen molar-refractivity contribution in [1.29, 1.82) is 5.26 Å². The second-order valence-corrected chi connectivity index (χ2v) is 6.69. The van der Waals surface area contributed by atoms with Gasteiger partial charge in [-0.2, -0.15) is 5.26 Å². The highest BCUT2D eigenvalue weighted by Gasteiger charge is 2.30. The van der Waals surface area contributed by atoms with Crippen molar-refractivity contribution >= 4 is 21.3 Å². The van der Waals surface area contributed by atoms with Crippen molar-refractivity contribution in [2.45, 2.75) is 18.1 Å². The van der Waals surface area contributed by atoms with Gasteiger partial charge in [-0.05, 0) is 18.9 Å². The van der Waals surface area contributed by atoms with Crippen LogP contribution in [-0.2, 0) is 9.84 Å². The number of nitrogens with two attached hydrogens (primary N) is 1. The molecule has 1 fully saturated rings. The largest absolute Gasteiger partial charge is 0.396 e. The molecule has 1 unspecified atom stereocenters. The Morgan fingerprint density at radius 1 is 1.61 bits per heavy atom. The Bertz CT molecular complexity index is 592. The third-order valence-corrected chi connectivity index (χ3v) is 5.28. The Hall–Kier alpha value is -1.81. The predicted molar refractivity (Wildman–Crippen MR) is 68.7 cm³/mol. The number of nitrogens with zero attached hydrogens (tertiary/aromatic N) is 2. The maximum atomic E-state index is 11.6. The van der Waals surface area contributed by atoms with Crippen LogP contribution in [0.3, 0.4) is 0 Å². The molecule has 0 saturated carbocycles. The summed E-state index contributed by atoms with van der Waals surface area (Å²) < 4.78 is 23.3. The lowest BCUT2D eigenvalue weighted by atomic mass is 10.2. The number of nitriles is 1. The molecular weight excluding hydrogens is 252 g/mol. The molecule has 2 rings (SSSR count). The van der Waals surface area contributed by atoms with E-state index in [1.54, 1.807) is 0 Å². The third kappa shape index (κ3) is 2.54. The van der Waals surface area contributed by atoms with Crippen LogP contribution in [0.5, 0.6) is 0 Å². The maximum Gasteiger partial charge on any atom is 0.154 e. The van der Waals surface area contributed by atoms with Gasteiger partial charge in [0.2, 0.25) is 0 Å². The lowest BCUT2D eigenvalue weighted by molar-refractivity contribution is 0.591. The number of nitrogen functional groups attached to an aromatic ring is 1. The number of pyridine rings is 1. The first-order chi connectivity index (χ1) is 8.53. The fourth-order valence-electron chi connectivity index (χ4n) is 1.99. The molecule has 0 amide bonds. The number of hydrogen-bond donors (Lipinski definition) is 2. The fourth-order valence-corrected chi connectivity index (χ4v) is 3.75. The molecule has 1 aliphatic heterocycles. The van der Waals surface area contributed by atoms with Gasteiger partial charge in [0.05, 0.1) is 22.3 Å². The van der Waals surface area contributed by atoms with Crippen LogP contribution in [0.4, 0.5) is 11.5 Å². The zero-order valence-corrected chi connectivity index (χ0v) is 10.6. The molecule has 96 valence electrons. The van der Waals surface area contributed by atoms with Gasteiger partial charge < -0.3 is 11.1 Å². The molecule has 3 N–H and O–H groups in total. The van der Waals surface area contributed by atoms with Crippen LogP contribution in [0.25, 0.3) is 0 Å². The predicted octanol–water partition coefficient (Wildman–Crippen LogP) is 0.525. The zero-order valence-electron chi connectivity index (χ0n) is 9.76. The average molecular weight is 266 g/mol. The Balaban J connectivity index is 2.05. The van der Waals surface area contributed by atoms with E-state index in [0.717, 1.165) is 0 Å². The maximum absolute atomic E-state index is 11.6. The van der Waals surface area contributed by atoms with E-state index in [-0.39, 0.29) is 11.0 Å². The summed E-state index contributed by atoms with van der Waals surface area (Å²) in [5, 5.41) is 11.2. The van der Waals surface area contributed by atoms with E-state index in [9.17, 15) is 8.42 Å². The molecule has 1 aliphatic rings. The molecule has 0 aromatic carbocycles. The molecule has 6 nitrogen and oxygen atoms in total. The van der Waals surface area contributed by atoms with E-state index < -0.39 is 9.84 Å². The van der Waals surface area contributed by atoms with E-state index in [1.807, 2.05) is 6.07 Å². The van der Waals surface area contributed by atoms with E-state index in [1.165, 1.54) is 12.3 Å². The number of anilines is 2. The van der Waals surface area contributed by atoms with Crippen molar-refractivity contribution in [1.82, 2.24) is 4.98 Å². The Morgan fingerprint density at radius 3 is 2.94 bits per heavy atom. The molecule has 1 atom stereocenters. The molecule has 0 bridgehead atoms. The van der Waals surface area contributed by atoms with Crippen LogP contribution < -0.4 is 11.1 Å². The van der Waals surface area contributed by atoms with Crippen LogP contribution in [0, 0.1) is 11.3 Å². The van der Waals surface area contributed by atoms with Gasteiger partial charge in [-0.25, -0.2) is 13.4 Å². The van der Waals surface area contributed by atoms with E-state index in [2.05, 4.69) is 10.3 Å². The van der Waals surface area contributed by atoms with Gasteiger partial charge in [0, 0.05) is 12.7 Å². The summed E-state index contributed by atoms with van der Waals surface area (Å²) in [6, 6.07) is 3.45. The smallest absolute Gasteiger partial charge is 0.154 e. The van der Waals surface area contributed by atoms with Gasteiger partial charge in [-0.15, -0.1) is 0 Å². The lowest BCUT2D eigenvalue weighted by Crippen LogP contribution is -2.25. The molecule has 1 aromatic heterocycles. The minimum atomic E-state index is -2.97. The van der Waals surface area contributed by atoms with Crippen LogP contribution >= 0.6 is 0 Å². The Morgan fingerprint density at radius 2 is 2.39 bits per heavy atom. The van der Waals surface area contributed by atoms with E-state index >= 15 is 0 Å². The monoisotopic (exact) mass is 266 g/mol. The van der Waals surface area contributed by atoms with Crippen LogP contribution in [0.2, 0.25) is 0 Å². The zero-order chi connectivity index (χ0) is 13.2. The summed E-state index contributed by atoms with van der Waals surface area (Å²) >= 11 is 0. The first-order valence-corrected chi connectivity index (χ1v) is 7.35. The molecule has 0 aliphatic carbocycles. The van der Waals surface area contributed by atoms with Gasteiger partial charge in [-0.1, -0.05) is 0 Å². The standard InChI is InChI=1S/C11H14N4O2S/c12-5-8-4-10(13)11(14-6-8)15-7-9-2-1-3-18(9,16)17/h4,6,9H,1-3,7,13H2,(H,14,15). The van der Waals surface area contributed by atoms with Crippen molar-refractivity contribution < 1.29 is 8.42 Å². The highest BCUT2D eigenvalue weighted by atomic mass is 32.2.